The number of carbonyl (C=O) groups excluding carboxylic acids is 6. The van der Waals surface area contributed by atoms with Crippen LogP contribution in [0, 0.1) is 35.5 Å². The molecule has 0 amide bonds. The minimum Gasteiger partial charge on any atom is -0.300 e. The molecule has 0 bridgehead atoms. The Bertz CT molecular complexity index is 715. The first-order valence-corrected chi connectivity index (χ1v) is 13.1. The predicted molar refractivity (Wildman–Crippen MR) is 140 cm³/mol. The van der Waals surface area contributed by atoms with Gasteiger partial charge in [0.2, 0.25) is 0 Å². The topological polar surface area (TPSA) is 102 Å². The summed E-state index contributed by atoms with van der Waals surface area (Å²) in [7, 11) is 0. The molecule has 0 aromatic rings. The fourth-order valence-electron chi connectivity index (χ4n) is 3.69. The molecule has 0 saturated carbocycles. The fraction of sp³-hybridized carbons (Fsp3) is 0.793. The first kappa shape index (κ1) is 35.2. The van der Waals surface area contributed by atoms with Crippen molar-refractivity contribution in [3.05, 3.63) is 0 Å². The molecule has 0 fully saturated rings. The number of rotatable bonds is 17. The molecule has 202 valence electrons. The Morgan fingerprint density at radius 1 is 0.486 bits per heavy atom. The van der Waals surface area contributed by atoms with Crippen LogP contribution in [-0.4, -0.2) is 34.7 Å². The molecule has 0 spiro atoms. The van der Waals surface area contributed by atoms with Crippen molar-refractivity contribution in [3.8, 4) is 0 Å². The normalized spacial score (nSPS) is 12.9. The fourth-order valence-corrected chi connectivity index (χ4v) is 3.69. The van der Waals surface area contributed by atoms with Crippen LogP contribution >= 0.6 is 0 Å². The Hall–Kier alpha value is -1.98. The summed E-state index contributed by atoms with van der Waals surface area (Å²) in [6.07, 6.45) is 2.66. The maximum Gasteiger partial charge on any atom is 0.135 e. The third kappa shape index (κ3) is 17.1. The summed E-state index contributed by atoms with van der Waals surface area (Å²) >= 11 is 0. The third-order valence-electron chi connectivity index (χ3n) is 6.37. The maximum absolute atomic E-state index is 11.8. The number of Topliss-reactive ketones (excluding diaryl/α,β-unsaturated/α-hetero) is 6. The van der Waals surface area contributed by atoms with E-state index in [4.69, 9.17) is 0 Å². The van der Waals surface area contributed by atoms with E-state index in [1.165, 1.54) is 6.92 Å². The van der Waals surface area contributed by atoms with Crippen molar-refractivity contribution in [1.82, 2.24) is 0 Å². The lowest BCUT2D eigenvalue weighted by Crippen LogP contribution is -2.22. The maximum atomic E-state index is 11.8. The van der Waals surface area contributed by atoms with Gasteiger partial charge in [0.25, 0.3) is 0 Å². The molecule has 0 aromatic heterocycles. The van der Waals surface area contributed by atoms with Gasteiger partial charge in [-0.05, 0) is 32.1 Å². The van der Waals surface area contributed by atoms with Crippen molar-refractivity contribution in [1.29, 1.82) is 0 Å². The van der Waals surface area contributed by atoms with Gasteiger partial charge in [-0.2, -0.15) is 0 Å². The molecule has 35 heavy (non-hydrogen) atoms. The molecule has 0 heterocycles. The minimum atomic E-state index is -0.198. The molecule has 0 unspecified atom stereocenters. The molecule has 0 rings (SSSR count). The molecule has 6 heteroatoms. The van der Waals surface area contributed by atoms with Crippen LogP contribution in [0.2, 0.25) is 0 Å². The van der Waals surface area contributed by atoms with Gasteiger partial charge in [0.15, 0.2) is 0 Å². The van der Waals surface area contributed by atoms with E-state index in [-0.39, 0.29) is 83.0 Å². The van der Waals surface area contributed by atoms with E-state index in [2.05, 4.69) is 0 Å². The molecule has 2 atom stereocenters. The van der Waals surface area contributed by atoms with Gasteiger partial charge < -0.3 is 0 Å². The van der Waals surface area contributed by atoms with Crippen LogP contribution < -0.4 is 0 Å². The predicted octanol–water partition coefficient (Wildman–Crippen LogP) is 6.01. The van der Waals surface area contributed by atoms with E-state index < -0.39 is 0 Å². The summed E-state index contributed by atoms with van der Waals surface area (Å²) in [6.45, 7) is 18.3. The summed E-state index contributed by atoms with van der Waals surface area (Å²) in [6, 6.07) is 0. The highest BCUT2D eigenvalue weighted by Crippen LogP contribution is 2.19. The van der Waals surface area contributed by atoms with Gasteiger partial charge in [0, 0.05) is 62.2 Å². The van der Waals surface area contributed by atoms with Crippen molar-refractivity contribution in [2.75, 3.05) is 0 Å². The molecule has 0 aliphatic rings. The highest BCUT2D eigenvalue weighted by molar-refractivity contribution is 5.90. The quantitative estimate of drug-likeness (QED) is 0.245. The molecular weight excluding hydrogens is 444 g/mol. The lowest BCUT2D eigenvalue weighted by molar-refractivity contribution is -0.129. The lowest BCUT2D eigenvalue weighted by atomic mass is 9.86. The number of hydrogen-bond acceptors (Lipinski definition) is 6. The highest BCUT2D eigenvalue weighted by atomic mass is 16.1. The Kier molecular flexibility index (Phi) is 18.4. The van der Waals surface area contributed by atoms with Crippen LogP contribution in [0.15, 0.2) is 0 Å². The zero-order valence-electron chi connectivity index (χ0n) is 23.9. The largest absolute Gasteiger partial charge is 0.300 e. The lowest BCUT2D eigenvalue weighted by Gasteiger charge is -2.16. The number of hydrogen-bond donors (Lipinski definition) is 0. The molecule has 0 aromatic carbocycles. The van der Waals surface area contributed by atoms with Gasteiger partial charge in [-0.3, -0.25) is 28.8 Å². The molecule has 0 N–H and O–H groups in total. The highest BCUT2D eigenvalue weighted by Gasteiger charge is 2.23. The monoisotopic (exact) mass is 494 g/mol. The summed E-state index contributed by atoms with van der Waals surface area (Å²) in [4.78, 5) is 68.9. The second-order valence-electron chi connectivity index (χ2n) is 11.0. The van der Waals surface area contributed by atoms with Crippen molar-refractivity contribution < 1.29 is 28.8 Å². The van der Waals surface area contributed by atoms with Crippen LogP contribution in [-0.2, 0) is 28.8 Å². The Labute approximate surface area is 213 Å². The smallest absolute Gasteiger partial charge is 0.135 e. The summed E-state index contributed by atoms with van der Waals surface area (Å²) in [5.74, 6) is 0.610. The van der Waals surface area contributed by atoms with Crippen LogP contribution in [0.25, 0.3) is 0 Å². The van der Waals surface area contributed by atoms with Crippen LogP contribution in [0.3, 0.4) is 0 Å². The molecule has 0 aliphatic heterocycles. The first-order valence-electron chi connectivity index (χ1n) is 13.1. The van der Waals surface area contributed by atoms with Crippen LogP contribution in [0.5, 0.6) is 0 Å². The van der Waals surface area contributed by atoms with Crippen molar-refractivity contribution >= 4 is 34.7 Å². The van der Waals surface area contributed by atoms with E-state index in [1.54, 1.807) is 6.92 Å². The van der Waals surface area contributed by atoms with Crippen molar-refractivity contribution in [2.24, 2.45) is 35.5 Å². The first-order chi connectivity index (χ1) is 16.0. The van der Waals surface area contributed by atoms with Gasteiger partial charge in [0.05, 0.1) is 0 Å². The number of carbonyl (C=O) groups is 6. The molecule has 6 nitrogen and oxygen atoms in total. The summed E-state index contributed by atoms with van der Waals surface area (Å²) < 4.78 is 0. The van der Waals surface area contributed by atoms with Crippen LogP contribution in [0.1, 0.15) is 114 Å². The second-order valence-corrected chi connectivity index (χ2v) is 11.0. The minimum absolute atomic E-state index is 0.0171. The zero-order chi connectivity index (χ0) is 27.9. The molecule has 0 saturated heterocycles. The van der Waals surface area contributed by atoms with Crippen molar-refractivity contribution in [2.45, 2.75) is 114 Å². The van der Waals surface area contributed by atoms with E-state index in [9.17, 15) is 28.8 Å². The van der Waals surface area contributed by atoms with Crippen molar-refractivity contribution in [3.63, 3.8) is 0 Å². The van der Waals surface area contributed by atoms with E-state index in [0.717, 1.165) is 0 Å². The average Bonchev–Trinajstić information content (AvgIpc) is 2.73. The Morgan fingerprint density at radius 2 is 0.829 bits per heavy atom. The summed E-state index contributed by atoms with van der Waals surface area (Å²) in [5, 5.41) is 0. The van der Waals surface area contributed by atoms with Gasteiger partial charge in [-0.1, -0.05) is 55.4 Å². The molecule has 0 radical (unpaired) electrons. The standard InChI is InChI=1S/C15H26O3.C14H24O3/c1-10(2)14(12(5)16)9-13(17)7-6-8-15(18)11(3)4;1-9(2)13(11(5)15)8-12(16)6-7-14(17)10(3)4/h10-11,14H,6-9H2,1-5H3;9-10,13H,6-8H2,1-5H3/t14-;13-/m00/s1. The van der Waals surface area contributed by atoms with Gasteiger partial charge in [0.1, 0.15) is 34.7 Å². The van der Waals surface area contributed by atoms with Gasteiger partial charge in [-0.25, -0.2) is 0 Å². The van der Waals surface area contributed by atoms with Gasteiger partial charge in [-0.15, -0.1) is 0 Å². The van der Waals surface area contributed by atoms with Crippen LogP contribution in [0.4, 0.5) is 0 Å². The second kappa shape index (κ2) is 18.3. The van der Waals surface area contributed by atoms with E-state index in [1.807, 2.05) is 55.4 Å². The Morgan fingerprint density at radius 3 is 1.14 bits per heavy atom. The average molecular weight is 495 g/mol. The zero-order valence-corrected chi connectivity index (χ0v) is 23.9. The summed E-state index contributed by atoms with van der Waals surface area (Å²) in [5.41, 5.74) is 0. The van der Waals surface area contributed by atoms with E-state index in [0.29, 0.717) is 32.1 Å². The molecule has 0 aliphatic carbocycles. The molecular formula is C29H50O6. The van der Waals surface area contributed by atoms with E-state index >= 15 is 0 Å². The Balaban J connectivity index is 0. The SMILES string of the molecule is CC(=O)[C@@H](CC(=O)CCC(=O)C(C)C)C(C)C.CC(=O)[C@@H](CC(=O)CCCC(=O)C(C)C)C(C)C. The third-order valence-corrected chi connectivity index (χ3v) is 6.37. The number of ketones is 6. The van der Waals surface area contributed by atoms with Gasteiger partial charge >= 0.3 is 0 Å².